The third-order valence-corrected chi connectivity index (χ3v) is 8.28. The minimum atomic E-state index is -3.80. The summed E-state index contributed by atoms with van der Waals surface area (Å²) in [4.78, 5) is 4.46. The maximum absolute atomic E-state index is 13.2. The Balaban J connectivity index is 2.12. The van der Waals surface area contributed by atoms with Gasteiger partial charge < -0.3 is 0 Å². The van der Waals surface area contributed by atoms with Gasteiger partial charge in [-0.15, -0.1) is 0 Å². The lowest BCUT2D eigenvalue weighted by molar-refractivity contribution is 0.355. The van der Waals surface area contributed by atoms with E-state index in [4.69, 9.17) is 0 Å². The van der Waals surface area contributed by atoms with E-state index in [1.807, 2.05) is 6.92 Å². The van der Waals surface area contributed by atoms with Crippen LogP contribution in [-0.2, 0) is 19.9 Å². The molecule has 130 valence electrons. The zero-order valence-corrected chi connectivity index (χ0v) is 15.3. The van der Waals surface area contributed by atoms with Gasteiger partial charge in [0.05, 0.1) is 21.9 Å². The fraction of sp³-hybridized carbons (Fsp3) is 0.438. The Bertz CT molecular complexity index is 984. The SMILES string of the molecule is CCN(C1CCS(=O)(=O)C1)S(=O)(=O)c1ccc(C)c2ncccc12. The molecule has 0 saturated carbocycles. The van der Waals surface area contributed by atoms with Gasteiger partial charge in [-0.3, -0.25) is 4.98 Å². The Morgan fingerprint density at radius 3 is 2.67 bits per heavy atom. The summed E-state index contributed by atoms with van der Waals surface area (Å²) in [7, 11) is -6.96. The summed E-state index contributed by atoms with van der Waals surface area (Å²) in [5, 5.41) is 0.566. The van der Waals surface area contributed by atoms with Gasteiger partial charge in [0, 0.05) is 24.2 Å². The van der Waals surface area contributed by atoms with Gasteiger partial charge in [0.1, 0.15) is 0 Å². The molecule has 24 heavy (non-hydrogen) atoms. The second-order valence-electron chi connectivity index (χ2n) is 6.05. The highest BCUT2D eigenvalue weighted by Crippen LogP contribution is 2.30. The second kappa shape index (κ2) is 6.09. The maximum Gasteiger partial charge on any atom is 0.244 e. The first-order valence-corrected chi connectivity index (χ1v) is 11.1. The predicted octanol–water partition coefficient (Wildman–Crippen LogP) is 1.74. The van der Waals surface area contributed by atoms with Gasteiger partial charge in [-0.05, 0) is 37.1 Å². The molecule has 0 spiro atoms. The molecule has 2 aromatic rings. The molecule has 8 heteroatoms. The van der Waals surface area contributed by atoms with E-state index in [2.05, 4.69) is 4.98 Å². The standard InChI is InChI=1S/C16H20N2O4S2/c1-3-18(13-8-10-23(19,20)11-13)24(21,22)15-7-6-12(2)16-14(15)5-4-9-17-16/h4-7,9,13H,3,8,10-11H2,1-2H3. The molecular formula is C16H20N2O4S2. The molecule has 1 aliphatic heterocycles. The summed E-state index contributed by atoms with van der Waals surface area (Å²) >= 11 is 0. The van der Waals surface area contributed by atoms with Crippen molar-refractivity contribution in [2.45, 2.75) is 31.2 Å². The quantitative estimate of drug-likeness (QED) is 0.821. The first kappa shape index (κ1) is 17.3. The highest BCUT2D eigenvalue weighted by atomic mass is 32.2. The van der Waals surface area contributed by atoms with Crippen molar-refractivity contribution in [2.75, 3.05) is 18.1 Å². The van der Waals surface area contributed by atoms with Crippen molar-refractivity contribution in [3.8, 4) is 0 Å². The van der Waals surface area contributed by atoms with E-state index < -0.39 is 25.9 Å². The zero-order valence-electron chi connectivity index (χ0n) is 13.6. The van der Waals surface area contributed by atoms with Crippen LogP contribution in [0.1, 0.15) is 18.9 Å². The van der Waals surface area contributed by atoms with Gasteiger partial charge >= 0.3 is 0 Å². The van der Waals surface area contributed by atoms with Crippen LogP contribution in [0.3, 0.4) is 0 Å². The van der Waals surface area contributed by atoms with Gasteiger partial charge in [0.15, 0.2) is 9.84 Å². The summed E-state index contributed by atoms with van der Waals surface area (Å²) in [6.45, 7) is 3.85. The number of hydrogen-bond donors (Lipinski definition) is 0. The maximum atomic E-state index is 13.2. The Kier molecular flexibility index (Phi) is 4.39. The summed E-state index contributed by atoms with van der Waals surface area (Å²) in [5.74, 6) is -0.0675. The van der Waals surface area contributed by atoms with Crippen LogP contribution in [0.25, 0.3) is 10.9 Å². The van der Waals surface area contributed by atoms with Crippen molar-refractivity contribution in [1.82, 2.24) is 9.29 Å². The number of hydrogen-bond acceptors (Lipinski definition) is 5. The molecule has 1 unspecified atom stereocenters. The van der Waals surface area contributed by atoms with E-state index in [0.29, 0.717) is 17.3 Å². The third kappa shape index (κ3) is 2.94. The molecule has 0 amide bonds. The van der Waals surface area contributed by atoms with Crippen molar-refractivity contribution < 1.29 is 16.8 Å². The molecule has 2 heterocycles. The smallest absolute Gasteiger partial charge is 0.244 e. The van der Waals surface area contributed by atoms with E-state index in [1.54, 1.807) is 37.4 Å². The van der Waals surface area contributed by atoms with Crippen LogP contribution in [0.5, 0.6) is 0 Å². The molecule has 1 fully saturated rings. The zero-order chi connectivity index (χ0) is 17.5. The molecule has 1 atom stereocenters. The van der Waals surface area contributed by atoms with Crippen LogP contribution in [0.2, 0.25) is 0 Å². The van der Waals surface area contributed by atoms with Gasteiger partial charge in [0.25, 0.3) is 0 Å². The van der Waals surface area contributed by atoms with Gasteiger partial charge in [-0.25, -0.2) is 16.8 Å². The van der Waals surface area contributed by atoms with Crippen molar-refractivity contribution >= 4 is 30.8 Å². The lowest BCUT2D eigenvalue weighted by Crippen LogP contribution is -2.40. The minimum absolute atomic E-state index is 0.0416. The molecule has 6 nitrogen and oxygen atoms in total. The van der Waals surface area contributed by atoms with Crippen molar-refractivity contribution in [3.63, 3.8) is 0 Å². The van der Waals surface area contributed by atoms with E-state index in [-0.39, 0.29) is 22.9 Å². The Morgan fingerprint density at radius 1 is 1.29 bits per heavy atom. The first-order chi connectivity index (χ1) is 11.3. The molecule has 0 radical (unpaired) electrons. The molecule has 1 aromatic heterocycles. The number of sulfone groups is 1. The van der Waals surface area contributed by atoms with Crippen LogP contribution in [0.4, 0.5) is 0 Å². The van der Waals surface area contributed by atoms with E-state index in [0.717, 1.165) is 5.56 Å². The van der Waals surface area contributed by atoms with Crippen molar-refractivity contribution in [1.29, 1.82) is 0 Å². The molecule has 1 aliphatic rings. The fourth-order valence-electron chi connectivity index (χ4n) is 3.27. The average molecular weight is 368 g/mol. The highest BCUT2D eigenvalue weighted by molar-refractivity contribution is 7.92. The van der Waals surface area contributed by atoms with Crippen molar-refractivity contribution in [2.24, 2.45) is 0 Å². The van der Waals surface area contributed by atoms with Crippen molar-refractivity contribution in [3.05, 3.63) is 36.0 Å². The molecule has 0 N–H and O–H groups in total. The summed E-state index contributed by atoms with van der Waals surface area (Å²) in [6.07, 6.45) is 1.98. The number of benzene rings is 1. The number of rotatable bonds is 4. The molecule has 1 aromatic carbocycles. The number of nitrogens with zero attached hydrogens (tertiary/aromatic N) is 2. The number of aryl methyl sites for hydroxylation is 1. The average Bonchev–Trinajstić information content (AvgIpc) is 2.88. The predicted molar refractivity (Wildman–Crippen MR) is 93.1 cm³/mol. The Morgan fingerprint density at radius 2 is 2.04 bits per heavy atom. The first-order valence-electron chi connectivity index (χ1n) is 7.83. The molecule has 1 saturated heterocycles. The van der Waals surface area contributed by atoms with Crippen LogP contribution in [0, 0.1) is 6.92 Å². The summed E-state index contributed by atoms with van der Waals surface area (Å²) in [5.41, 5.74) is 1.55. The largest absolute Gasteiger partial charge is 0.256 e. The Labute approximate surface area is 142 Å². The number of sulfonamides is 1. The molecule has 0 bridgehead atoms. The lowest BCUT2D eigenvalue weighted by atomic mass is 10.1. The van der Waals surface area contributed by atoms with E-state index in [9.17, 15) is 16.8 Å². The third-order valence-electron chi connectivity index (χ3n) is 4.45. The topological polar surface area (TPSA) is 84.4 Å². The summed E-state index contributed by atoms with van der Waals surface area (Å²) in [6, 6.07) is 6.26. The molecule has 0 aliphatic carbocycles. The molecule has 3 rings (SSSR count). The van der Waals surface area contributed by atoms with E-state index in [1.165, 1.54) is 4.31 Å². The van der Waals surface area contributed by atoms with Crippen LogP contribution < -0.4 is 0 Å². The monoisotopic (exact) mass is 368 g/mol. The minimum Gasteiger partial charge on any atom is -0.256 e. The van der Waals surface area contributed by atoms with Crippen LogP contribution in [0.15, 0.2) is 35.4 Å². The number of aromatic nitrogens is 1. The van der Waals surface area contributed by atoms with Gasteiger partial charge in [0.2, 0.25) is 10.0 Å². The van der Waals surface area contributed by atoms with E-state index >= 15 is 0 Å². The number of fused-ring (bicyclic) bond motifs is 1. The van der Waals surface area contributed by atoms with Crippen LogP contribution in [-0.4, -0.2) is 50.2 Å². The fourth-order valence-corrected chi connectivity index (χ4v) is 6.94. The van der Waals surface area contributed by atoms with Crippen LogP contribution >= 0.6 is 0 Å². The van der Waals surface area contributed by atoms with Gasteiger partial charge in [-0.2, -0.15) is 4.31 Å². The molecular weight excluding hydrogens is 348 g/mol. The normalized spacial score (nSPS) is 20.7. The van der Waals surface area contributed by atoms with Gasteiger partial charge in [-0.1, -0.05) is 13.0 Å². The lowest BCUT2D eigenvalue weighted by Gasteiger charge is -2.26. The second-order valence-corrected chi connectivity index (χ2v) is 10.1. The summed E-state index contributed by atoms with van der Waals surface area (Å²) < 4.78 is 51.2. The highest BCUT2D eigenvalue weighted by Gasteiger charge is 2.38. The Hall–Kier alpha value is -1.51. The number of pyridine rings is 1.